The van der Waals surface area contributed by atoms with Crippen LogP contribution in [0.15, 0.2) is 78.9 Å². The standard InChI is InChI=1S/C27H31N3O3/c1-2-3-16-28-27(32)22-11-7-12-23(18-22)29-20-26(31)30-24-13-8-14-25(19-24)33-17-15-21-9-5-4-6-10-21/h4-14,18-19,29H,2-3,15-17,20H2,1H3,(H,28,32)(H,30,31). The third-order valence-corrected chi connectivity index (χ3v) is 5.01. The van der Waals surface area contributed by atoms with E-state index in [1.54, 1.807) is 18.2 Å². The second-order valence-electron chi connectivity index (χ2n) is 7.70. The number of nitrogens with one attached hydrogen (secondary N) is 3. The van der Waals surface area contributed by atoms with Gasteiger partial charge in [0.05, 0.1) is 13.2 Å². The van der Waals surface area contributed by atoms with Crippen LogP contribution in [0.5, 0.6) is 5.75 Å². The summed E-state index contributed by atoms with van der Waals surface area (Å²) in [6.07, 6.45) is 2.79. The first-order valence-corrected chi connectivity index (χ1v) is 11.3. The molecule has 0 aliphatic rings. The molecule has 0 radical (unpaired) electrons. The van der Waals surface area contributed by atoms with Gasteiger partial charge in [-0.1, -0.05) is 55.8 Å². The third kappa shape index (κ3) is 8.33. The maximum Gasteiger partial charge on any atom is 0.251 e. The molecule has 0 saturated heterocycles. The van der Waals surface area contributed by atoms with Crippen molar-refractivity contribution in [2.75, 3.05) is 30.3 Å². The molecule has 3 N–H and O–H groups in total. The molecule has 0 bridgehead atoms. The van der Waals surface area contributed by atoms with Crippen molar-refractivity contribution >= 4 is 23.2 Å². The van der Waals surface area contributed by atoms with E-state index in [2.05, 4.69) is 35.0 Å². The SMILES string of the molecule is CCCCNC(=O)c1cccc(NCC(=O)Nc2cccc(OCCc3ccccc3)c2)c1. The van der Waals surface area contributed by atoms with Crippen LogP contribution in [0.2, 0.25) is 0 Å². The van der Waals surface area contributed by atoms with Gasteiger partial charge in [0.2, 0.25) is 5.91 Å². The Morgan fingerprint density at radius 1 is 0.879 bits per heavy atom. The number of carbonyl (C=O) groups excluding carboxylic acids is 2. The van der Waals surface area contributed by atoms with E-state index in [4.69, 9.17) is 4.74 Å². The van der Waals surface area contributed by atoms with Crippen LogP contribution in [0.3, 0.4) is 0 Å². The molecule has 3 rings (SSSR count). The molecular weight excluding hydrogens is 414 g/mol. The van der Waals surface area contributed by atoms with Crippen molar-refractivity contribution in [3.05, 3.63) is 90.0 Å². The van der Waals surface area contributed by atoms with Crippen LogP contribution in [0, 0.1) is 0 Å². The fourth-order valence-corrected chi connectivity index (χ4v) is 3.23. The maximum absolute atomic E-state index is 12.4. The average Bonchev–Trinajstić information content (AvgIpc) is 2.84. The van der Waals surface area contributed by atoms with E-state index in [1.807, 2.05) is 48.5 Å². The molecule has 0 unspecified atom stereocenters. The summed E-state index contributed by atoms with van der Waals surface area (Å²) in [5.41, 5.74) is 3.17. The van der Waals surface area contributed by atoms with E-state index in [1.165, 1.54) is 5.56 Å². The number of hydrogen-bond donors (Lipinski definition) is 3. The molecule has 0 heterocycles. The summed E-state index contributed by atoms with van der Waals surface area (Å²) in [4.78, 5) is 24.6. The lowest BCUT2D eigenvalue weighted by Crippen LogP contribution is -2.25. The Hall–Kier alpha value is -3.80. The highest BCUT2D eigenvalue weighted by Crippen LogP contribution is 2.18. The summed E-state index contributed by atoms with van der Waals surface area (Å²) < 4.78 is 5.83. The molecule has 6 nitrogen and oxygen atoms in total. The molecule has 33 heavy (non-hydrogen) atoms. The summed E-state index contributed by atoms with van der Waals surface area (Å²) in [5.74, 6) is 0.411. The van der Waals surface area contributed by atoms with Crippen LogP contribution in [0.1, 0.15) is 35.7 Å². The van der Waals surface area contributed by atoms with Crippen molar-refractivity contribution in [1.29, 1.82) is 0 Å². The van der Waals surface area contributed by atoms with Crippen molar-refractivity contribution < 1.29 is 14.3 Å². The molecule has 6 heteroatoms. The summed E-state index contributed by atoms with van der Waals surface area (Å²) >= 11 is 0. The number of rotatable bonds is 12. The number of benzene rings is 3. The minimum Gasteiger partial charge on any atom is -0.493 e. The van der Waals surface area contributed by atoms with Crippen LogP contribution < -0.4 is 20.7 Å². The molecule has 0 aliphatic heterocycles. The van der Waals surface area contributed by atoms with Crippen molar-refractivity contribution in [2.24, 2.45) is 0 Å². The topological polar surface area (TPSA) is 79.5 Å². The van der Waals surface area contributed by atoms with Crippen molar-refractivity contribution in [3.63, 3.8) is 0 Å². The molecule has 2 amide bonds. The van der Waals surface area contributed by atoms with Gasteiger partial charge in [0, 0.05) is 36.0 Å². The summed E-state index contributed by atoms with van der Waals surface area (Å²) in [7, 11) is 0. The Labute approximate surface area is 195 Å². The Morgan fingerprint density at radius 2 is 1.67 bits per heavy atom. The zero-order chi connectivity index (χ0) is 23.3. The fourth-order valence-electron chi connectivity index (χ4n) is 3.23. The van der Waals surface area contributed by atoms with Gasteiger partial charge in [0.1, 0.15) is 5.75 Å². The Bertz CT molecular complexity index is 1040. The molecule has 3 aromatic rings. The van der Waals surface area contributed by atoms with Gasteiger partial charge >= 0.3 is 0 Å². The zero-order valence-electron chi connectivity index (χ0n) is 19.0. The lowest BCUT2D eigenvalue weighted by atomic mass is 10.2. The van der Waals surface area contributed by atoms with Gasteiger partial charge in [-0.15, -0.1) is 0 Å². The smallest absolute Gasteiger partial charge is 0.251 e. The lowest BCUT2D eigenvalue weighted by molar-refractivity contribution is -0.114. The number of carbonyl (C=O) groups is 2. The molecule has 3 aromatic carbocycles. The average molecular weight is 446 g/mol. The number of anilines is 2. The van der Waals surface area contributed by atoms with Gasteiger partial charge in [0.25, 0.3) is 5.91 Å². The van der Waals surface area contributed by atoms with Crippen molar-refractivity contribution in [3.8, 4) is 5.75 Å². The summed E-state index contributed by atoms with van der Waals surface area (Å²) in [6, 6.07) is 24.6. The van der Waals surface area contributed by atoms with Crippen molar-refractivity contribution in [1.82, 2.24) is 5.32 Å². The van der Waals surface area contributed by atoms with Gasteiger partial charge in [-0.2, -0.15) is 0 Å². The van der Waals surface area contributed by atoms with E-state index in [9.17, 15) is 9.59 Å². The van der Waals surface area contributed by atoms with E-state index >= 15 is 0 Å². The van der Waals surface area contributed by atoms with Gasteiger partial charge in [-0.3, -0.25) is 9.59 Å². The first-order valence-electron chi connectivity index (χ1n) is 11.3. The molecule has 0 spiro atoms. The van der Waals surface area contributed by atoms with Crippen LogP contribution in [-0.2, 0) is 11.2 Å². The van der Waals surface area contributed by atoms with Crippen LogP contribution >= 0.6 is 0 Å². The number of ether oxygens (including phenoxy) is 1. The second kappa shape index (κ2) is 12.9. The minimum atomic E-state index is -0.186. The van der Waals surface area contributed by atoms with Crippen LogP contribution in [0.4, 0.5) is 11.4 Å². The van der Waals surface area contributed by atoms with Gasteiger partial charge in [-0.25, -0.2) is 0 Å². The predicted molar refractivity (Wildman–Crippen MR) is 133 cm³/mol. The highest BCUT2D eigenvalue weighted by atomic mass is 16.5. The van der Waals surface area contributed by atoms with E-state index < -0.39 is 0 Å². The first-order chi connectivity index (χ1) is 16.1. The third-order valence-electron chi connectivity index (χ3n) is 5.01. The number of amides is 2. The number of unbranched alkanes of at least 4 members (excludes halogenated alkanes) is 1. The highest BCUT2D eigenvalue weighted by Gasteiger charge is 2.07. The van der Waals surface area contributed by atoms with Crippen LogP contribution in [-0.4, -0.2) is 31.5 Å². The highest BCUT2D eigenvalue weighted by molar-refractivity contribution is 5.96. The quantitative estimate of drug-likeness (QED) is 0.347. The van der Waals surface area contributed by atoms with E-state index in [-0.39, 0.29) is 18.4 Å². The van der Waals surface area contributed by atoms with Gasteiger partial charge in [0.15, 0.2) is 0 Å². The largest absolute Gasteiger partial charge is 0.493 e. The van der Waals surface area contributed by atoms with Crippen molar-refractivity contribution in [2.45, 2.75) is 26.2 Å². The Morgan fingerprint density at radius 3 is 2.48 bits per heavy atom. The molecule has 0 saturated carbocycles. The first kappa shape index (κ1) is 23.9. The van der Waals surface area contributed by atoms with Gasteiger partial charge < -0.3 is 20.7 Å². The lowest BCUT2D eigenvalue weighted by Gasteiger charge is -2.11. The molecule has 0 aliphatic carbocycles. The normalized spacial score (nSPS) is 10.3. The Kier molecular flexibility index (Phi) is 9.33. The summed E-state index contributed by atoms with van der Waals surface area (Å²) in [6.45, 7) is 3.38. The molecule has 0 fully saturated rings. The van der Waals surface area contributed by atoms with E-state index in [0.717, 1.165) is 19.3 Å². The zero-order valence-corrected chi connectivity index (χ0v) is 19.0. The summed E-state index contributed by atoms with van der Waals surface area (Å²) in [5, 5.41) is 8.84. The number of hydrogen-bond acceptors (Lipinski definition) is 4. The Balaban J connectivity index is 1.45. The van der Waals surface area contributed by atoms with E-state index in [0.29, 0.717) is 35.8 Å². The van der Waals surface area contributed by atoms with Gasteiger partial charge in [-0.05, 0) is 42.3 Å². The molecule has 172 valence electrons. The molecule has 0 atom stereocenters. The molecule has 0 aromatic heterocycles. The maximum atomic E-state index is 12.4. The minimum absolute atomic E-state index is 0.0833. The fraction of sp³-hybridized carbons (Fsp3) is 0.259. The second-order valence-corrected chi connectivity index (χ2v) is 7.70. The van der Waals surface area contributed by atoms with Crippen LogP contribution in [0.25, 0.3) is 0 Å². The molecular formula is C27H31N3O3. The monoisotopic (exact) mass is 445 g/mol. The predicted octanol–water partition coefficient (Wildman–Crippen LogP) is 4.89.